The van der Waals surface area contributed by atoms with Gasteiger partial charge in [0.05, 0.1) is 39.3 Å². The first-order chi connectivity index (χ1) is 14.8. The molecule has 0 aromatic heterocycles. The van der Waals surface area contributed by atoms with E-state index in [1.165, 1.54) is 0 Å². The molecule has 16 heteroatoms. The maximum atomic E-state index is 10.6. The quantitative estimate of drug-likeness (QED) is 0.0899. The highest BCUT2D eigenvalue weighted by atomic mass is 16.4. The Morgan fingerprint density at radius 3 is 0.906 bits per heavy atom. The smallest absolute Gasteiger partial charge is 0.317 e. The van der Waals surface area contributed by atoms with Crippen LogP contribution in [-0.2, 0) is 28.8 Å². The number of aliphatic carboxylic acids is 6. The second-order valence-electron chi connectivity index (χ2n) is 6.14. The van der Waals surface area contributed by atoms with Gasteiger partial charge >= 0.3 is 35.8 Å². The van der Waals surface area contributed by atoms with E-state index in [2.05, 4.69) is 10.6 Å². The van der Waals surface area contributed by atoms with Crippen molar-refractivity contribution in [2.75, 3.05) is 65.4 Å². The molecule has 32 heavy (non-hydrogen) atoms. The van der Waals surface area contributed by atoms with Crippen LogP contribution in [0.25, 0.3) is 0 Å². The van der Waals surface area contributed by atoms with Crippen molar-refractivity contribution in [1.29, 1.82) is 0 Å². The van der Waals surface area contributed by atoms with Crippen LogP contribution in [0.15, 0.2) is 0 Å². The molecule has 0 fully saturated rings. The Balaban J connectivity index is 0. The summed E-state index contributed by atoms with van der Waals surface area (Å²) in [4.78, 5) is 64.3. The molecule has 0 aromatic carbocycles. The fourth-order valence-corrected chi connectivity index (χ4v) is 2.04. The molecular formula is C16H28N4O12. The number of nitrogens with zero attached hydrogens (tertiary/aromatic N) is 2. The Morgan fingerprint density at radius 2 is 0.719 bits per heavy atom. The average molecular weight is 468 g/mol. The van der Waals surface area contributed by atoms with Crippen LogP contribution in [0.5, 0.6) is 0 Å². The van der Waals surface area contributed by atoms with Crippen molar-refractivity contribution in [3.05, 3.63) is 0 Å². The molecule has 0 radical (unpaired) electrons. The molecule has 8 N–H and O–H groups in total. The molecular weight excluding hydrogens is 440 g/mol. The topological polar surface area (TPSA) is 254 Å². The van der Waals surface area contributed by atoms with Gasteiger partial charge in [0.15, 0.2) is 0 Å². The van der Waals surface area contributed by atoms with E-state index in [-0.39, 0.29) is 26.2 Å². The first kappa shape index (κ1) is 30.9. The lowest BCUT2D eigenvalue weighted by atomic mass is 10.4. The van der Waals surface area contributed by atoms with E-state index in [1.807, 2.05) is 0 Å². The first-order valence-electron chi connectivity index (χ1n) is 9.00. The van der Waals surface area contributed by atoms with E-state index in [9.17, 15) is 28.8 Å². The predicted octanol–water partition coefficient (Wildman–Crippen LogP) is -3.74. The predicted molar refractivity (Wildman–Crippen MR) is 104 cm³/mol. The number of rotatable bonds is 18. The van der Waals surface area contributed by atoms with Gasteiger partial charge in [-0.3, -0.25) is 38.6 Å². The van der Waals surface area contributed by atoms with Gasteiger partial charge in [-0.15, -0.1) is 0 Å². The molecule has 0 aliphatic carbocycles. The molecule has 0 aromatic rings. The molecule has 0 rings (SSSR count). The van der Waals surface area contributed by atoms with Crippen LogP contribution in [0, 0.1) is 0 Å². The molecule has 16 nitrogen and oxygen atoms in total. The van der Waals surface area contributed by atoms with E-state index in [0.29, 0.717) is 13.1 Å². The van der Waals surface area contributed by atoms with E-state index < -0.39 is 62.0 Å². The van der Waals surface area contributed by atoms with Gasteiger partial charge in [-0.25, -0.2) is 0 Å². The fourth-order valence-electron chi connectivity index (χ4n) is 2.04. The lowest BCUT2D eigenvalue weighted by Gasteiger charge is -2.23. The van der Waals surface area contributed by atoms with Crippen molar-refractivity contribution >= 4 is 35.8 Å². The lowest BCUT2D eigenvalue weighted by molar-refractivity contribution is -0.145. The van der Waals surface area contributed by atoms with Crippen LogP contribution in [0.1, 0.15) is 0 Å². The van der Waals surface area contributed by atoms with Gasteiger partial charge in [0.1, 0.15) is 0 Å². The molecule has 0 amide bonds. The van der Waals surface area contributed by atoms with E-state index in [0.717, 1.165) is 9.80 Å². The van der Waals surface area contributed by atoms with Gasteiger partial charge in [0, 0.05) is 26.2 Å². The summed E-state index contributed by atoms with van der Waals surface area (Å²) in [6.07, 6.45) is 0. The zero-order valence-electron chi connectivity index (χ0n) is 17.1. The van der Waals surface area contributed by atoms with Crippen molar-refractivity contribution < 1.29 is 59.4 Å². The second-order valence-corrected chi connectivity index (χ2v) is 6.14. The summed E-state index contributed by atoms with van der Waals surface area (Å²) >= 11 is 0. The minimum absolute atomic E-state index is 0.0703. The minimum Gasteiger partial charge on any atom is -0.480 e. The highest BCUT2D eigenvalue weighted by molar-refractivity contribution is 5.73. The van der Waals surface area contributed by atoms with Crippen LogP contribution in [0.3, 0.4) is 0 Å². The zero-order valence-corrected chi connectivity index (χ0v) is 17.1. The van der Waals surface area contributed by atoms with Crippen LogP contribution in [0.2, 0.25) is 0 Å². The maximum Gasteiger partial charge on any atom is 0.317 e. The van der Waals surface area contributed by atoms with E-state index in [4.69, 9.17) is 30.6 Å². The molecule has 0 heterocycles. The summed E-state index contributed by atoms with van der Waals surface area (Å²) in [7, 11) is 0. The third-order valence-electron chi connectivity index (χ3n) is 3.20. The Labute approximate surface area is 182 Å². The Morgan fingerprint density at radius 1 is 0.469 bits per heavy atom. The van der Waals surface area contributed by atoms with Gasteiger partial charge in [0.25, 0.3) is 0 Å². The molecule has 0 spiro atoms. The Kier molecular flexibility index (Phi) is 17.8. The number of hydrogen-bond donors (Lipinski definition) is 8. The van der Waals surface area contributed by atoms with Crippen molar-refractivity contribution in [1.82, 2.24) is 20.4 Å². The summed E-state index contributed by atoms with van der Waals surface area (Å²) in [5, 5.41) is 56.0. The van der Waals surface area contributed by atoms with Crippen LogP contribution in [-0.4, -0.2) is 142 Å². The molecule has 0 saturated carbocycles. The first-order valence-corrected chi connectivity index (χ1v) is 9.00. The summed E-state index contributed by atoms with van der Waals surface area (Å²) in [5.74, 6) is -6.76. The molecule has 0 bridgehead atoms. The Bertz CT molecular complexity index is 557. The average Bonchev–Trinajstić information content (AvgIpc) is 2.60. The van der Waals surface area contributed by atoms with Gasteiger partial charge in [0.2, 0.25) is 0 Å². The second kappa shape index (κ2) is 18.4. The van der Waals surface area contributed by atoms with E-state index in [1.54, 1.807) is 0 Å². The molecule has 184 valence electrons. The molecule has 0 aliphatic rings. The zero-order chi connectivity index (χ0) is 25.1. The van der Waals surface area contributed by atoms with Gasteiger partial charge in [-0.1, -0.05) is 0 Å². The van der Waals surface area contributed by atoms with Crippen LogP contribution < -0.4 is 10.6 Å². The van der Waals surface area contributed by atoms with Gasteiger partial charge < -0.3 is 41.3 Å². The van der Waals surface area contributed by atoms with Crippen molar-refractivity contribution in [2.24, 2.45) is 0 Å². The number of carbonyl (C=O) groups is 6. The van der Waals surface area contributed by atoms with Crippen molar-refractivity contribution in [3.63, 3.8) is 0 Å². The third kappa shape index (κ3) is 24.7. The lowest BCUT2D eigenvalue weighted by Crippen LogP contribution is -2.43. The summed E-state index contributed by atoms with van der Waals surface area (Å²) in [6.45, 7) is -1.57. The summed E-state index contributed by atoms with van der Waals surface area (Å²) in [6, 6.07) is 0. The number of carboxylic acid groups (broad SMARTS) is 6. The SMILES string of the molecule is O=C(O)CN(CCN(CC(=O)O)CC(=O)O)CC(=O)O.O=C(O)CNCCNCC(=O)O. The highest BCUT2D eigenvalue weighted by Gasteiger charge is 2.18. The normalized spacial score (nSPS) is 10.3. The maximum absolute atomic E-state index is 10.6. The standard InChI is InChI=1S/C10H16N2O8.C6H12N2O4/c13-7(14)3-11(4-8(15)16)1-2-12(5-9(17)18)6-10(19)20;9-5(10)3-7-1-2-8-4-6(11)12/h1-6H2,(H,13,14)(H,15,16)(H,17,18)(H,19,20);7-8H,1-4H2,(H,9,10)(H,11,12). The molecule has 0 saturated heterocycles. The van der Waals surface area contributed by atoms with Crippen LogP contribution >= 0.6 is 0 Å². The van der Waals surface area contributed by atoms with Gasteiger partial charge in [-0.2, -0.15) is 0 Å². The number of hydrogen-bond acceptors (Lipinski definition) is 10. The van der Waals surface area contributed by atoms with E-state index >= 15 is 0 Å². The highest BCUT2D eigenvalue weighted by Crippen LogP contribution is 1.94. The summed E-state index contributed by atoms with van der Waals surface area (Å²) < 4.78 is 0. The third-order valence-corrected chi connectivity index (χ3v) is 3.20. The monoisotopic (exact) mass is 468 g/mol. The number of nitrogens with one attached hydrogen (secondary N) is 2. The largest absolute Gasteiger partial charge is 0.480 e. The van der Waals surface area contributed by atoms with Crippen LogP contribution in [0.4, 0.5) is 0 Å². The van der Waals surface area contributed by atoms with Crippen molar-refractivity contribution in [3.8, 4) is 0 Å². The minimum atomic E-state index is -1.23. The molecule has 0 aliphatic heterocycles. The molecule has 0 atom stereocenters. The number of carboxylic acids is 6. The fraction of sp³-hybridized carbons (Fsp3) is 0.625. The summed E-state index contributed by atoms with van der Waals surface area (Å²) in [5.41, 5.74) is 0. The van der Waals surface area contributed by atoms with Gasteiger partial charge in [-0.05, 0) is 0 Å². The Hall–Kier alpha value is -3.34. The van der Waals surface area contributed by atoms with Crippen molar-refractivity contribution in [2.45, 2.75) is 0 Å². The molecule has 0 unspecified atom stereocenters.